The Morgan fingerprint density at radius 3 is 2.72 bits per heavy atom. The van der Waals surface area contributed by atoms with E-state index in [1.807, 2.05) is 42.5 Å². The van der Waals surface area contributed by atoms with Crippen molar-refractivity contribution in [3.05, 3.63) is 53.6 Å². The molecule has 0 spiro atoms. The lowest BCUT2D eigenvalue weighted by Gasteiger charge is -2.22. The van der Waals surface area contributed by atoms with E-state index in [0.29, 0.717) is 16.8 Å². The number of nitrogens with zero attached hydrogens (tertiary/aromatic N) is 1. The van der Waals surface area contributed by atoms with Crippen molar-refractivity contribution in [3.63, 3.8) is 0 Å². The van der Waals surface area contributed by atoms with Crippen LogP contribution in [0.15, 0.2) is 57.2 Å². The highest BCUT2D eigenvalue weighted by Crippen LogP contribution is 2.41. The average Bonchev–Trinajstić information content (AvgIpc) is 2.78. The van der Waals surface area contributed by atoms with E-state index in [9.17, 15) is 4.79 Å². The van der Waals surface area contributed by atoms with Gasteiger partial charge in [0, 0.05) is 27.0 Å². The quantitative estimate of drug-likeness (QED) is 0.754. The van der Waals surface area contributed by atoms with Gasteiger partial charge in [-0.2, -0.15) is 0 Å². The van der Waals surface area contributed by atoms with Crippen molar-refractivity contribution >= 4 is 40.1 Å². The Hall–Kier alpha value is -1.78. The van der Waals surface area contributed by atoms with Gasteiger partial charge in [-0.25, -0.2) is 4.99 Å². The fourth-order valence-corrected chi connectivity index (χ4v) is 4.67. The van der Waals surface area contributed by atoms with Gasteiger partial charge < -0.3 is 5.32 Å². The van der Waals surface area contributed by atoms with Crippen LogP contribution in [-0.4, -0.2) is 17.1 Å². The van der Waals surface area contributed by atoms with E-state index in [1.165, 1.54) is 19.3 Å². The Bertz CT molecular complexity index is 843. The van der Waals surface area contributed by atoms with Crippen LogP contribution in [0.3, 0.4) is 0 Å². The molecular weight excluding hydrogens is 352 g/mol. The van der Waals surface area contributed by atoms with E-state index >= 15 is 0 Å². The van der Waals surface area contributed by atoms with Crippen molar-refractivity contribution in [1.29, 1.82) is 0 Å². The third-order valence-corrected chi connectivity index (χ3v) is 6.14. The maximum Gasteiger partial charge on any atom is 0.251 e. The molecule has 0 aromatic heterocycles. The number of hydrogen-bond acceptors (Lipinski definition) is 3. The summed E-state index contributed by atoms with van der Waals surface area (Å²) in [6.07, 6.45) is 5.82. The zero-order valence-electron chi connectivity index (χ0n) is 13.8. The van der Waals surface area contributed by atoms with E-state index in [-0.39, 0.29) is 5.91 Å². The molecule has 128 valence electrons. The van der Waals surface area contributed by atoms with Crippen molar-refractivity contribution in [2.24, 2.45) is 4.99 Å². The van der Waals surface area contributed by atoms with Gasteiger partial charge in [0.15, 0.2) is 0 Å². The molecule has 1 N–H and O–H groups in total. The van der Waals surface area contributed by atoms with Gasteiger partial charge in [-0.3, -0.25) is 4.79 Å². The number of hydrogen-bond donors (Lipinski definition) is 1. The highest BCUT2D eigenvalue weighted by molar-refractivity contribution is 7.99. The van der Waals surface area contributed by atoms with E-state index in [0.717, 1.165) is 33.9 Å². The largest absolute Gasteiger partial charge is 0.349 e. The normalized spacial score (nSPS) is 17.1. The summed E-state index contributed by atoms with van der Waals surface area (Å²) in [5, 5.41) is 3.62. The monoisotopic (exact) mass is 370 g/mol. The second kappa shape index (κ2) is 7.22. The first-order chi connectivity index (χ1) is 12.2. The fourth-order valence-electron chi connectivity index (χ4n) is 3.36. The Balaban J connectivity index is 1.61. The minimum atomic E-state index is -0.0206. The maximum absolute atomic E-state index is 12.6. The molecule has 4 rings (SSSR count). The molecule has 0 atom stereocenters. The predicted molar refractivity (Wildman–Crippen MR) is 103 cm³/mol. The molecule has 5 heteroatoms. The van der Waals surface area contributed by atoms with E-state index in [4.69, 9.17) is 11.6 Å². The summed E-state index contributed by atoms with van der Waals surface area (Å²) in [7, 11) is 0. The lowest BCUT2D eigenvalue weighted by molar-refractivity contribution is 0.0927. The number of carbonyl (C=O) groups is 1. The van der Waals surface area contributed by atoms with Crippen LogP contribution in [0.4, 0.5) is 5.69 Å². The third-order valence-electron chi connectivity index (χ3n) is 4.71. The van der Waals surface area contributed by atoms with Crippen molar-refractivity contribution in [2.45, 2.75) is 47.9 Å². The molecular formula is C20H19ClN2OS. The maximum atomic E-state index is 12.6. The average molecular weight is 371 g/mol. The molecule has 1 fully saturated rings. The second-order valence-electron chi connectivity index (χ2n) is 6.49. The molecule has 25 heavy (non-hydrogen) atoms. The van der Waals surface area contributed by atoms with E-state index in [1.54, 1.807) is 11.8 Å². The van der Waals surface area contributed by atoms with Crippen molar-refractivity contribution in [2.75, 3.05) is 0 Å². The summed E-state index contributed by atoms with van der Waals surface area (Å²) < 4.78 is 0. The van der Waals surface area contributed by atoms with Gasteiger partial charge >= 0.3 is 0 Å². The minimum absolute atomic E-state index is 0.0206. The summed E-state index contributed by atoms with van der Waals surface area (Å²) in [5.41, 5.74) is 2.32. The number of amides is 1. The number of fused-ring (bicyclic) bond motifs is 2. The topological polar surface area (TPSA) is 41.5 Å². The third kappa shape index (κ3) is 3.60. The molecule has 0 radical (unpaired) electrons. The van der Waals surface area contributed by atoms with E-state index < -0.39 is 0 Å². The number of nitrogens with one attached hydrogen (secondary N) is 1. The summed E-state index contributed by atoms with van der Waals surface area (Å²) in [4.78, 5) is 19.2. The van der Waals surface area contributed by atoms with Gasteiger partial charge in [0.05, 0.1) is 5.69 Å². The first kappa shape index (κ1) is 16.7. The molecule has 1 heterocycles. The standard InChI is InChI=1S/C20H19ClN2OS/c21-19-15-8-4-5-9-17(15)25-18-11-10-13(12-16(18)23-19)20(24)22-14-6-2-1-3-7-14/h4-5,8-12,14H,1-3,6-7H2,(H,22,24). The number of rotatable bonds is 2. The lowest BCUT2D eigenvalue weighted by atomic mass is 9.95. The summed E-state index contributed by atoms with van der Waals surface area (Å²) >= 11 is 8.04. The SMILES string of the molecule is O=C(NC1CCCCC1)c1ccc2c(c1)N=C(Cl)c1ccccc1S2. The molecule has 3 nitrogen and oxygen atoms in total. The molecule has 2 aromatic carbocycles. The zero-order valence-corrected chi connectivity index (χ0v) is 15.4. The lowest BCUT2D eigenvalue weighted by Crippen LogP contribution is -2.36. The Morgan fingerprint density at radius 1 is 1.08 bits per heavy atom. The van der Waals surface area contributed by atoms with Crippen LogP contribution in [0.25, 0.3) is 0 Å². The molecule has 1 aliphatic carbocycles. The molecule has 2 aliphatic rings. The Kier molecular flexibility index (Phi) is 4.82. The fraction of sp³-hybridized carbons (Fsp3) is 0.300. The molecule has 0 unspecified atom stereocenters. The smallest absolute Gasteiger partial charge is 0.251 e. The number of carbonyl (C=O) groups excluding carboxylic acids is 1. The highest BCUT2D eigenvalue weighted by Gasteiger charge is 2.20. The number of halogens is 1. The van der Waals surface area contributed by atoms with Crippen molar-refractivity contribution in [3.8, 4) is 0 Å². The van der Waals surface area contributed by atoms with Crippen molar-refractivity contribution < 1.29 is 4.79 Å². The summed E-state index contributed by atoms with van der Waals surface area (Å²) in [6, 6.07) is 13.9. The summed E-state index contributed by atoms with van der Waals surface area (Å²) in [6.45, 7) is 0. The van der Waals surface area contributed by atoms with Gasteiger partial charge in [-0.05, 0) is 37.1 Å². The highest BCUT2D eigenvalue weighted by atomic mass is 35.5. The second-order valence-corrected chi connectivity index (χ2v) is 7.93. The van der Waals surface area contributed by atoms with Gasteiger partial charge in [-0.15, -0.1) is 0 Å². The van der Waals surface area contributed by atoms with Gasteiger partial charge in [-0.1, -0.05) is 60.8 Å². The van der Waals surface area contributed by atoms with Crippen LogP contribution in [0.1, 0.15) is 48.0 Å². The molecule has 0 saturated heterocycles. The van der Waals surface area contributed by atoms with Crippen LogP contribution in [-0.2, 0) is 0 Å². The molecule has 1 aliphatic heterocycles. The van der Waals surface area contributed by atoms with E-state index in [2.05, 4.69) is 10.3 Å². The Labute approximate surface area is 156 Å². The zero-order chi connectivity index (χ0) is 17.2. The first-order valence-electron chi connectivity index (χ1n) is 8.67. The minimum Gasteiger partial charge on any atom is -0.349 e. The van der Waals surface area contributed by atoms with Crippen LogP contribution in [0, 0.1) is 0 Å². The first-order valence-corrected chi connectivity index (χ1v) is 9.86. The molecule has 1 saturated carbocycles. The van der Waals surface area contributed by atoms with Crippen LogP contribution in [0.5, 0.6) is 0 Å². The predicted octanol–water partition coefficient (Wildman–Crippen LogP) is 5.53. The number of benzene rings is 2. The van der Waals surface area contributed by atoms with Crippen LogP contribution in [0.2, 0.25) is 0 Å². The van der Waals surface area contributed by atoms with Gasteiger partial charge in [0.2, 0.25) is 0 Å². The van der Waals surface area contributed by atoms with Gasteiger partial charge in [0.25, 0.3) is 5.91 Å². The van der Waals surface area contributed by atoms with Crippen molar-refractivity contribution in [1.82, 2.24) is 5.32 Å². The Morgan fingerprint density at radius 2 is 1.88 bits per heavy atom. The summed E-state index contributed by atoms with van der Waals surface area (Å²) in [5.74, 6) is -0.0206. The molecule has 0 bridgehead atoms. The molecule has 2 aromatic rings. The molecule has 1 amide bonds. The van der Waals surface area contributed by atoms with Crippen LogP contribution >= 0.6 is 23.4 Å². The number of aliphatic imine (C=N–C) groups is 1. The van der Waals surface area contributed by atoms with Gasteiger partial charge in [0.1, 0.15) is 5.17 Å². The van der Waals surface area contributed by atoms with Crippen LogP contribution < -0.4 is 5.32 Å².